The van der Waals surface area contributed by atoms with Crippen molar-refractivity contribution in [3.05, 3.63) is 64.7 Å². The van der Waals surface area contributed by atoms with Gasteiger partial charge in [0.05, 0.1) is 48.2 Å². The van der Waals surface area contributed by atoms with Crippen LogP contribution in [0, 0.1) is 0 Å². The molecule has 0 unspecified atom stereocenters. The molecule has 11 nitrogen and oxygen atoms in total. The molecule has 0 bridgehead atoms. The smallest absolute Gasteiger partial charge is 0.336 e. The average Bonchev–Trinajstić information content (AvgIpc) is 3.46. The first-order valence-corrected chi connectivity index (χ1v) is 12.3. The number of benzene rings is 3. The van der Waals surface area contributed by atoms with Crippen molar-refractivity contribution >= 4 is 17.3 Å². The zero-order valence-electron chi connectivity index (χ0n) is 23.5. The molecule has 3 aromatic carbocycles. The zero-order valence-corrected chi connectivity index (χ0v) is 23.5. The summed E-state index contributed by atoms with van der Waals surface area (Å²) >= 11 is 0. The second-order valence-electron chi connectivity index (χ2n) is 8.68. The summed E-state index contributed by atoms with van der Waals surface area (Å²) in [6.45, 7) is 0.00751. The Balaban J connectivity index is 1.97. The SMILES string of the molecule is COc1cc(CC(C(=O)c2cc(OC)c(OC)c(OC)c2)=C(C(=O)O)c2ccc3c(c2)OCO3)cc(OC)c1OC. The van der Waals surface area contributed by atoms with Crippen LogP contribution in [-0.2, 0) is 11.2 Å². The van der Waals surface area contributed by atoms with E-state index in [2.05, 4.69) is 0 Å². The molecule has 3 aromatic rings. The Morgan fingerprint density at radius 1 is 0.683 bits per heavy atom. The molecule has 0 aromatic heterocycles. The number of ketones is 1. The van der Waals surface area contributed by atoms with Crippen LogP contribution in [0.5, 0.6) is 46.0 Å². The van der Waals surface area contributed by atoms with E-state index in [1.54, 1.807) is 24.3 Å². The van der Waals surface area contributed by atoms with Crippen LogP contribution in [0.4, 0.5) is 0 Å². The standard InChI is InChI=1S/C30H30O11/c1-34-22-10-16(11-23(35-2)28(22)38-5)9-19(26(30(32)33)17-7-8-20-21(12-17)41-15-40-20)27(31)18-13-24(36-3)29(39-6)25(14-18)37-4/h7-8,10-14H,9,15H2,1-6H3,(H,32,33). The topological polar surface area (TPSA) is 128 Å². The molecular weight excluding hydrogens is 536 g/mol. The van der Waals surface area contributed by atoms with Crippen molar-refractivity contribution in [3.63, 3.8) is 0 Å². The number of carboxylic acids is 1. The number of aliphatic carboxylic acids is 1. The van der Waals surface area contributed by atoms with Gasteiger partial charge >= 0.3 is 5.97 Å². The molecule has 0 radical (unpaired) electrons. The van der Waals surface area contributed by atoms with Gasteiger partial charge in [-0.2, -0.15) is 0 Å². The summed E-state index contributed by atoms with van der Waals surface area (Å²) in [4.78, 5) is 27.1. The molecule has 0 saturated carbocycles. The Hall–Kier alpha value is -5.06. The second kappa shape index (κ2) is 12.4. The van der Waals surface area contributed by atoms with Crippen molar-refractivity contribution in [1.82, 2.24) is 0 Å². The van der Waals surface area contributed by atoms with E-state index in [-0.39, 0.29) is 52.7 Å². The van der Waals surface area contributed by atoms with Crippen molar-refractivity contribution in [1.29, 1.82) is 0 Å². The van der Waals surface area contributed by atoms with E-state index in [0.29, 0.717) is 34.3 Å². The van der Waals surface area contributed by atoms with Crippen LogP contribution in [0.2, 0.25) is 0 Å². The highest BCUT2D eigenvalue weighted by atomic mass is 16.7. The van der Waals surface area contributed by atoms with Gasteiger partial charge in [0.25, 0.3) is 0 Å². The van der Waals surface area contributed by atoms with Gasteiger partial charge in [0.1, 0.15) is 0 Å². The molecular formula is C30H30O11. The van der Waals surface area contributed by atoms with Gasteiger partial charge in [-0.05, 0) is 47.5 Å². The maximum absolute atomic E-state index is 14.3. The van der Waals surface area contributed by atoms with Crippen LogP contribution >= 0.6 is 0 Å². The molecule has 0 atom stereocenters. The monoisotopic (exact) mass is 566 g/mol. The molecule has 1 aliphatic rings. The lowest BCUT2D eigenvalue weighted by atomic mass is 9.89. The molecule has 1 aliphatic heterocycles. The Morgan fingerprint density at radius 2 is 1.20 bits per heavy atom. The Bertz CT molecular complexity index is 1460. The fraction of sp³-hybridized carbons (Fsp3) is 0.267. The number of methoxy groups -OCH3 is 6. The van der Waals surface area contributed by atoms with Crippen molar-refractivity contribution in [2.45, 2.75) is 6.42 Å². The summed E-state index contributed by atoms with van der Waals surface area (Å²) in [6.07, 6.45) is -0.109. The third-order valence-electron chi connectivity index (χ3n) is 6.48. The lowest BCUT2D eigenvalue weighted by Gasteiger charge is -2.18. The molecule has 1 heterocycles. The highest BCUT2D eigenvalue weighted by molar-refractivity contribution is 6.26. The number of hydrogen-bond donors (Lipinski definition) is 1. The van der Waals surface area contributed by atoms with E-state index in [1.165, 1.54) is 60.9 Å². The molecule has 41 heavy (non-hydrogen) atoms. The van der Waals surface area contributed by atoms with Gasteiger partial charge in [0, 0.05) is 17.6 Å². The maximum atomic E-state index is 14.3. The summed E-state index contributed by atoms with van der Waals surface area (Å²) in [5, 5.41) is 10.5. The number of carboxylic acid groups (broad SMARTS) is 1. The summed E-state index contributed by atoms with van der Waals surface area (Å²) in [6, 6.07) is 10.9. The van der Waals surface area contributed by atoms with E-state index in [9.17, 15) is 14.7 Å². The van der Waals surface area contributed by atoms with Crippen molar-refractivity contribution < 1.29 is 52.6 Å². The number of carbonyl (C=O) groups is 2. The number of rotatable bonds is 12. The first-order valence-electron chi connectivity index (χ1n) is 12.3. The molecule has 216 valence electrons. The Morgan fingerprint density at radius 3 is 1.68 bits per heavy atom. The first-order chi connectivity index (χ1) is 19.8. The minimum absolute atomic E-state index is 0.00751. The largest absolute Gasteiger partial charge is 0.493 e. The van der Waals surface area contributed by atoms with E-state index in [0.717, 1.165) is 0 Å². The first kappa shape index (κ1) is 28.9. The summed E-state index contributed by atoms with van der Waals surface area (Å²) in [5.41, 5.74) is 0.664. The molecule has 11 heteroatoms. The van der Waals surface area contributed by atoms with Crippen LogP contribution in [0.15, 0.2) is 48.0 Å². The third-order valence-corrected chi connectivity index (χ3v) is 6.48. The number of ether oxygens (including phenoxy) is 8. The van der Waals surface area contributed by atoms with Gasteiger partial charge in [0.2, 0.25) is 18.3 Å². The zero-order chi connectivity index (χ0) is 29.7. The number of carbonyl (C=O) groups excluding carboxylic acids is 1. The van der Waals surface area contributed by atoms with Crippen LogP contribution in [0.1, 0.15) is 21.5 Å². The van der Waals surface area contributed by atoms with E-state index in [4.69, 9.17) is 37.9 Å². The van der Waals surface area contributed by atoms with Crippen LogP contribution < -0.4 is 37.9 Å². The lowest BCUT2D eigenvalue weighted by Crippen LogP contribution is -2.15. The minimum Gasteiger partial charge on any atom is -0.493 e. The summed E-state index contributed by atoms with van der Waals surface area (Å²) in [7, 11) is 8.70. The van der Waals surface area contributed by atoms with E-state index in [1.807, 2.05) is 0 Å². The minimum atomic E-state index is -1.31. The highest BCUT2D eigenvalue weighted by Gasteiger charge is 2.28. The maximum Gasteiger partial charge on any atom is 0.336 e. The van der Waals surface area contributed by atoms with Crippen LogP contribution in [-0.4, -0.2) is 66.3 Å². The average molecular weight is 567 g/mol. The molecule has 0 fully saturated rings. The lowest BCUT2D eigenvalue weighted by molar-refractivity contribution is -0.130. The molecule has 4 rings (SSSR count). The number of allylic oxidation sites excluding steroid dienone is 1. The van der Waals surface area contributed by atoms with E-state index < -0.39 is 11.8 Å². The summed E-state index contributed by atoms with van der Waals surface area (Å²) < 4.78 is 43.5. The third kappa shape index (κ3) is 5.65. The molecule has 1 N–H and O–H groups in total. The predicted octanol–water partition coefficient (Wildman–Crippen LogP) is 4.43. The molecule has 0 aliphatic carbocycles. The van der Waals surface area contributed by atoms with Gasteiger partial charge < -0.3 is 43.0 Å². The normalized spacial score (nSPS) is 12.2. The number of fused-ring (bicyclic) bond motifs is 1. The van der Waals surface area contributed by atoms with Crippen molar-refractivity contribution in [3.8, 4) is 46.0 Å². The Labute approximate surface area is 236 Å². The van der Waals surface area contributed by atoms with Crippen molar-refractivity contribution in [2.24, 2.45) is 0 Å². The van der Waals surface area contributed by atoms with Gasteiger partial charge in [-0.25, -0.2) is 4.79 Å². The fourth-order valence-corrected chi connectivity index (χ4v) is 4.59. The Kier molecular flexibility index (Phi) is 8.76. The fourth-order valence-electron chi connectivity index (χ4n) is 4.59. The van der Waals surface area contributed by atoms with Crippen molar-refractivity contribution in [2.75, 3.05) is 49.5 Å². The highest BCUT2D eigenvalue weighted by Crippen LogP contribution is 2.42. The molecule has 0 saturated heterocycles. The predicted molar refractivity (Wildman–Crippen MR) is 147 cm³/mol. The van der Waals surface area contributed by atoms with Gasteiger partial charge in [0.15, 0.2) is 40.3 Å². The number of Topliss-reactive ketones (excluding diaryl/α,β-unsaturated/α-hetero) is 1. The van der Waals surface area contributed by atoms with Crippen LogP contribution in [0.3, 0.4) is 0 Å². The van der Waals surface area contributed by atoms with Gasteiger partial charge in [-0.1, -0.05) is 6.07 Å². The summed E-state index contributed by atoms with van der Waals surface area (Å²) in [5.74, 6) is 0.771. The van der Waals surface area contributed by atoms with Gasteiger partial charge in [-0.3, -0.25) is 4.79 Å². The second-order valence-corrected chi connectivity index (χ2v) is 8.68. The number of hydrogen-bond acceptors (Lipinski definition) is 10. The van der Waals surface area contributed by atoms with Crippen LogP contribution in [0.25, 0.3) is 5.57 Å². The molecule has 0 amide bonds. The van der Waals surface area contributed by atoms with Gasteiger partial charge in [-0.15, -0.1) is 0 Å². The quantitative estimate of drug-likeness (QED) is 0.247. The van der Waals surface area contributed by atoms with E-state index >= 15 is 0 Å². The molecule has 0 spiro atoms.